The number of hydrogen-bond acceptors (Lipinski definition) is 2. The third-order valence-electron chi connectivity index (χ3n) is 4.38. The lowest BCUT2D eigenvalue weighted by molar-refractivity contribution is -0.115. The molecule has 116 valence electrons. The van der Waals surface area contributed by atoms with Crippen LogP contribution in [0.15, 0.2) is 43.0 Å². The molecule has 0 aliphatic rings. The zero-order valence-electron chi connectivity index (χ0n) is 13.6. The fourth-order valence-electron chi connectivity index (χ4n) is 2.64. The average molecular weight is 305 g/mol. The maximum absolute atomic E-state index is 11.6. The number of carbonyl (C=O) groups is 1. The Morgan fingerprint density at radius 2 is 1.76 bits per heavy atom. The van der Waals surface area contributed by atoms with Gasteiger partial charge in [0, 0.05) is 6.42 Å². The maximum Gasteiger partial charge on any atom is 0.192 e. The molecule has 3 heteroatoms. The normalized spacial score (nSPS) is 12.9. The Kier molecular flexibility index (Phi) is 7.61. The summed E-state index contributed by atoms with van der Waals surface area (Å²) in [5, 5.41) is 0. The molecule has 0 N–H and O–H groups in total. The van der Waals surface area contributed by atoms with Crippen molar-refractivity contribution in [1.29, 1.82) is 0 Å². The van der Waals surface area contributed by atoms with Gasteiger partial charge in [0.05, 0.1) is 6.10 Å². The SMILES string of the molecule is C=CC(=O)CCC(O[Si](CC)(CC)CC)c1ccccc1. The van der Waals surface area contributed by atoms with Crippen LogP contribution in [0.2, 0.25) is 18.1 Å². The number of ketones is 1. The van der Waals surface area contributed by atoms with Gasteiger partial charge in [0.15, 0.2) is 14.1 Å². The monoisotopic (exact) mass is 304 g/mol. The van der Waals surface area contributed by atoms with Crippen molar-refractivity contribution < 1.29 is 9.22 Å². The molecule has 0 aliphatic heterocycles. The number of benzene rings is 1. The lowest BCUT2D eigenvalue weighted by Gasteiger charge is -2.33. The molecule has 1 aromatic carbocycles. The van der Waals surface area contributed by atoms with E-state index in [0.717, 1.165) is 24.6 Å². The van der Waals surface area contributed by atoms with Gasteiger partial charge in [0.1, 0.15) is 0 Å². The fraction of sp³-hybridized carbons (Fsp3) is 0.500. The first-order chi connectivity index (χ1) is 10.1. The molecule has 2 nitrogen and oxygen atoms in total. The summed E-state index contributed by atoms with van der Waals surface area (Å²) in [6, 6.07) is 13.7. The third kappa shape index (κ3) is 5.25. The molecule has 0 radical (unpaired) electrons. The number of hydrogen-bond donors (Lipinski definition) is 0. The molecular weight excluding hydrogens is 276 g/mol. The number of rotatable bonds is 10. The Balaban J connectivity index is 2.91. The maximum atomic E-state index is 11.6. The first-order valence-electron chi connectivity index (χ1n) is 7.98. The Labute approximate surface area is 130 Å². The van der Waals surface area contributed by atoms with Gasteiger partial charge in [-0.2, -0.15) is 0 Å². The zero-order chi connectivity index (χ0) is 15.7. The van der Waals surface area contributed by atoms with E-state index in [1.54, 1.807) is 0 Å². The van der Waals surface area contributed by atoms with E-state index in [1.807, 2.05) is 18.2 Å². The van der Waals surface area contributed by atoms with Gasteiger partial charge in [0.25, 0.3) is 0 Å². The second-order valence-electron chi connectivity index (χ2n) is 5.47. The van der Waals surface area contributed by atoms with E-state index >= 15 is 0 Å². The fourth-order valence-corrected chi connectivity index (χ4v) is 5.50. The van der Waals surface area contributed by atoms with Crippen LogP contribution in [0, 0.1) is 0 Å². The summed E-state index contributed by atoms with van der Waals surface area (Å²) < 4.78 is 6.62. The molecular formula is C18H28O2Si. The van der Waals surface area contributed by atoms with E-state index < -0.39 is 8.32 Å². The van der Waals surface area contributed by atoms with E-state index in [0.29, 0.717) is 6.42 Å². The second kappa shape index (κ2) is 8.95. The van der Waals surface area contributed by atoms with Crippen molar-refractivity contribution in [3.05, 3.63) is 48.6 Å². The molecule has 0 fully saturated rings. The molecule has 21 heavy (non-hydrogen) atoms. The van der Waals surface area contributed by atoms with Crippen LogP contribution in [-0.4, -0.2) is 14.1 Å². The summed E-state index contributed by atoms with van der Waals surface area (Å²) in [5.74, 6) is 0.0938. The topological polar surface area (TPSA) is 26.3 Å². The van der Waals surface area contributed by atoms with Crippen molar-refractivity contribution in [2.24, 2.45) is 0 Å². The van der Waals surface area contributed by atoms with E-state index in [-0.39, 0.29) is 11.9 Å². The highest BCUT2D eigenvalue weighted by Gasteiger charge is 2.32. The molecule has 0 aliphatic carbocycles. The predicted molar refractivity (Wildman–Crippen MR) is 91.9 cm³/mol. The highest BCUT2D eigenvalue weighted by molar-refractivity contribution is 6.73. The Bertz CT molecular complexity index is 430. The number of allylic oxidation sites excluding steroid dienone is 1. The molecule has 0 heterocycles. The van der Waals surface area contributed by atoms with Crippen LogP contribution in [0.3, 0.4) is 0 Å². The summed E-state index contributed by atoms with van der Waals surface area (Å²) in [4.78, 5) is 11.6. The average Bonchev–Trinajstić information content (AvgIpc) is 2.56. The summed E-state index contributed by atoms with van der Waals surface area (Å²) in [7, 11) is -1.68. The van der Waals surface area contributed by atoms with Gasteiger partial charge in [-0.05, 0) is 36.2 Å². The summed E-state index contributed by atoms with van der Waals surface area (Å²) in [6.07, 6.45) is 2.68. The van der Waals surface area contributed by atoms with Crippen molar-refractivity contribution >= 4 is 14.1 Å². The highest BCUT2D eigenvalue weighted by Crippen LogP contribution is 2.32. The molecule has 0 bridgehead atoms. The summed E-state index contributed by atoms with van der Waals surface area (Å²) in [6.45, 7) is 10.2. The van der Waals surface area contributed by atoms with Crippen molar-refractivity contribution in [3.8, 4) is 0 Å². The minimum atomic E-state index is -1.68. The minimum absolute atomic E-state index is 0.0293. The molecule has 0 spiro atoms. The van der Waals surface area contributed by atoms with Crippen LogP contribution in [0.4, 0.5) is 0 Å². The first-order valence-corrected chi connectivity index (χ1v) is 10.5. The quantitative estimate of drug-likeness (QED) is 0.434. The lowest BCUT2D eigenvalue weighted by Crippen LogP contribution is -2.37. The van der Waals surface area contributed by atoms with Crippen LogP contribution < -0.4 is 0 Å². The molecule has 1 aromatic rings. The van der Waals surface area contributed by atoms with Crippen molar-refractivity contribution in [2.75, 3.05) is 0 Å². The van der Waals surface area contributed by atoms with Crippen molar-refractivity contribution in [3.63, 3.8) is 0 Å². The van der Waals surface area contributed by atoms with Gasteiger partial charge in [-0.3, -0.25) is 4.79 Å². The van der Waals surface area contributed by atoms with E-state index in [1.165, 1.54) is 11.6 Å². The van der Waals surface area contributed by atoms with Crippen LogP contribution in [-0.2, 0) is 9.22 Å². The van der Waals surface area contributed by atoms with Gasteiger partial charge >= 0.3 is 0 Å². The van der Waals surface area contributed by atoms with E-state index in [4.69, 9.17) is 4.43 Å². The molecule has 0 saturated heterocycles. The molecule has 0 saturated carbocycles. The van der Waals surface area contributed by atoms with Crippen LogP contribution in [0.1, 0.15) is 45.3 Å². The standard InChI is InChI=1S/C18H28O2Si/c1-5-17(19)14-15-18(16-12-10-9-11-13-16)20-21(6-2,7-3)8-4/h5,9-13,18H,1,6-8,14-15H2,2-4H3. The van der Waals surface area contributed by atoms with Crippen LogP contribution in [0.5, 0.6) is 0 Å². The molecule has 1 rings (SSSR count). The molecule has 0 amide bonds. The Morgan fingerprint density at radius 3 is 2.24 bits per heavy atom. The van der Waals surface area contributed by atoms with Crippen molar-refractivity contribution in [2.45, 2.75) is 57.8 Å². The van der Waals surface area contributed by atoms with E-state index in [9.17, 15) is 4.79 Å². The van der Waals surface area contributed by atoms with Gasteiger partial charge in [0.2, 0.25) is 0 Å². The van der Waals surface area contributed by atoms with Gasteiger partial charge in [-0.15, -0.1) is 0 Å². The molecule has 1 unspecified atom stereocenters. The third-order valence-corrected chi connectivity index (χ3v) is 9.03. The first kappa shape index (κ1) is 17.9. The van der Waals surface area contributed by atoms with Crippen LogP contribution >= 0.6 is 0 Å². The van der Waals surface area contributed by atoms with Crippen molar-refractivity contribution in [1.82, 2.24) is 0 Å². The Hall–Kier alpha value is -1.19. The lowest BCUT2D eigenvalue weighted by atomic mass is 10.0. The highest BCUT2D eigenvalue weighted by atomic mass is 28.4. The van der Waals surface area contributed by atoms with Gasteiger partial charge in [-0.1, -0.05) is 57.7 Å². The predicted octanol–water partition coefficient (Wildman–Crippen LogP) is 5.28. The molecule has 1 atom stereocenters. The minimum Gasteiger partial charge on any atom is -0.410 e. The van der Waals surface area contributed by atoms with Gasteiger partial charge in [-0.25, -0.2) is 0 Å². The second-order valence-corrected chi connectivity index (χ2v) is 10.2. The van der Waals surface area contributed by atoms with Crippen LogP contribution in [0.25, 0.3) is 0 Å². The number of carbonyl (C=O) groups excluding carboxylic acids is 1. The van der Waals surface area contributed by atoms with Gasteiger partial charge < -0.3 is 4.43 Å². The van der Waals surface area contributed by atoms with E-state index in [2.05, 4.69) is 39.5 Å². The summed E-state index contributed by atoms with van der Waals surface area (Å²) >= 11 is 0. The largest absolute Gasteiger partial charge is 0.410 e. The molecule has 0 aromatic heterocycles. The Morgan fingerprint density at radius 1 is 1.19 bits per heavy atom. The summed E-state index contributed by atoms with van der Waals surface area (Å²) in [5.41, 5.74) is 1.18. The zero-order valence-corrected chi connectivity index (χ0v) is 14.6. The smallest absolute Gasteiger partial charge is 0.192 e.